The standard InChI is InChI=1S/C20H24N4O2S/c1-4-24-16(9-10-21-24)19(25)23(12-15-6-5-11-26-15)20-22-18-14(3)13(2)7-8-17(18)27-20/h7-10,15H,4-6,11-12H2,1-3H3. The minimum Gasteiger partial charge on any atom is -0.376 e. The normalized spacial score (nSPS) is 16.9. The monoisotopic (exact) mass is 384 g/mol. The van der Waals surface area contributed by atoms with E-state index in [4.69, 9.17) is 9.72 Å². The molecule has 27 heavy (non-hydrogen) atoms. The first-order valence-corrected chi connectivity index (χ1v) is 10.2. The second kappa shape index (κ2) is 7.40. The average Bonchev–Trinajstić information content (AvgIpc) is 3.42. The molecule has 6 nitrogen and oxygen atoms in total. The maximum atomic E-state index is 13.4. The molecule has 1 aliphatic rings. The first-order chi connectivity index (χ1) is 13.1. The Hall–Kier alpha value is -2.25. The highest BCUT2D eigenvalue weighted by atomic mass is 32.1. The van der Waals surface area contributed by atoms with Crippen molar-refractivity contribution in [2.45, 2.75) is 46.3 Å². The SMILES string of the molecule is CCn1nccc1C(=O)N(CC1CCCO1)c1nc2c(C)c(C)ccc2s1. The minimum atomic E-state index is -0.0710. The van der Waals surface area contributed by atoms with Crippen LogP contribution in [0.2, 0.25) is 0 Å². The van der Waals surface area contributed by atoms with Gasteiger partial charge in [-0.05, 0) is 56.9 Å². The number of aromatic nitrogens is 3. The number of aryl methyl sites for hydroxylation is 3. The Morgan fingerprint density at radius 3 is 2.96 bits per heavy atom. The van der Waals surface area contributed by atoms with Gasteiger partial charge >= 0.3 is 0 Å². The van der Waals surface area contributed by atoms with Gasteiger partial charge in [-0.25, -0.2) is 4.98 Å². The third kappa shape index (κ3) is 3.37. The summed E-state index contributed by atoms with van der Waals surface area (Å²) in [5.41, 5.74) is 3.94. The zero-order valence-corrected chi connectivity index (χ0v) is 16.8. The molecule has 0 bridgehead atoms. The van der Waals surface area contributed by atoms with Crippen molar-refractivity contribution < 1.29 is 9.53 Å². The number of ether oxygens (including phenoxy) is 1. The largest absolute Gasteiger partial charge is 0.376 e. The lowest BCUT2D eigenvalue weighted by Gasteiger charge is -2.23. The topological polar surface area (TPSA) is 60.2 Å². The molecule has 1 fully saturated rings. The van der Waals surface area contributed by atoms with Crippen molar-refractivity contribution in [3.05, 3.63) is 41.2 Å². The van der Waals surface area contributed by atoms with E-state index in [1.54, 1.807) is 33.2 Å². The predicted molar refractivity (Wildman–Crippen MR) is 108 cm³/mol. The van der Waals surface area contributed by atoms with Crippen molar-refractivity contribution in [2.75, 3.05) is 18.1 Å². The average molecular weight is 385 g/mol. The van der Waals surface area contributed by atoms with Gasteiger partial charge in [-0.1, -0.05) is 17.4 Å². The molecule has 2 aromatic heterocycles. The van der Waals surface area contributed by atoms with Crippen molar-refractivity contribution in [1.82, 2.24) is 14.8 Å². The maximum Gasteiger partial charge on any atom is 0.278 e. The number of hydrogen-bond donors (Lipinski definition) is 0. The first kappa shape index (κ1) is 18.1. The number of fused-ring (bicyclic) bond motifs is 1. The summed E-state index contributed by atoms with van der Waals surface area (Å²) in [5, 5.41) is 4.98. The van der Waals surface area contributed by atoms with Gasteiger partial charge in [-0.3, -0.25) is 14.4 Å². The number of amides is 1. The van der Waals surface area contributed by atoms with Crippen molar-refractivity contribution in [3.63, 3.8) is 0 Å². The fourth-order valence-corrected chi connectivity index (χ4v) is 4.51. The Morgan fingerprint density at radius 2 is 2.22 bits per heavy atom. The smallest absolute Gasteiger partial charge is 0.278 e. The highest BCUT2D eigenvalue weighted by molar-refractivity contribution is 7.22. The zero-order chi connectivity index (χ0) is 19.0. The first-order valence-electron chi connectivity index (χ1n) is 9.40. The number of thiazole rings is 1. The van der Waals surface area contributed by atoms with Gasteiger partial charge in [-0.15, -0.1) is 0 Å². The molecular weight excluding hydrogens is 360 g/mol. The quantitative estimate of drug-likeness (QED) is 0.668. The minimum absolute atomic E-state index is 0.0572. The number of hydrogen-bond acceptors (Lipinski definition) is 5. The van der Waals surface area contributed by atoms with Crippen LogP contribution in [-0.4, -0.2) is 39.9 Å². The van der Waals surface area contributed by atoms with E-state index in [0.29, 0.717) is 18.8 Å². The van der Waals surface area contributed by atoms with Crippen LogP contribution in [0.25, 0.3) is 10.2 Å². The van der Waals surface area contributed by atoms with Gasteiger partial charge in [0.2, 0.25) is 0 Å². The lowest BCUT2D eigenvalue weighted by molar-refractivity contribution is 0.0908. The highest BCUT2D eigenvalue weighted by Gasteiger charge is 2.28. The van der Waals surface area contributed by atoms with Crippen molar-refractivity contribution in [2.24, 2.45) is 0 Å². The van der Waals surface area contributed by atoms with Crippen LogP contribution in [0.3, 0.4) is 0 Å². The molecule has 0 saturated carbocycles. The molecule has 7 heteroatoms. The molecule has 3 heterocycles. The fraction of sp³-hybridized carbons (Fsp3) is 0.450. The number of benzene rings is 1. The molecule has 0 aliphatic carbocycles. The van der Waals surface area contributed by atoms with Crippen LogP contribution in [-0.2, 0) is 11.3 Å². The summed E-state index contributed by atoms with van der Waals surface area (Å²) in [7, 11) is 0. The molecule has 1 atom stereocenters. The summed E-state index contributed by atoms with van der Waals surface area (Å²) in [6, 6.07) is 5.97. The van der Waals surface area contributed by atoms with Gasteiger partial charge in [0.05, 0.1) is 22.9 Å². The van der Waals surface area contributed by atoms with E-state index in [1.807, 2.05) is 6.92 Å². The molecule has 0 radical (unpaired) electrons. The van der Waals surface area contributed by atoms with Gasteiger partial charge in [0.25, 0.3) is 5.91 Å². The van der Waals surface area contributed by atoms with Crippen LogP contribution in [0.4, 0.5) is 5.13 Å². The summed E-state index contributed by atoms with van der Waals surface area (Å²) >= 11 is 1.56. The summed E-state index contributed by atoms with van der Waals surface area (Å²) < 4.78 is 8.64. The van der Waals surface area contributed by atoms with Crippen molar-refractivity contribution in [3.8, 4) is 0 Å². The van der Waals surface area contributed by atoms with Crippen molar-refractivity contribution >= 4 is 32.6 Å². The number of nitrogens with zero attached hydrogens (tertiary/aromatic N) is 4. The second-order valence-electron chi connectivity index (χ2n) is 6.93. The van der Waals surface area contributed by atoms with Crippen LogP contribution < -0.4 is 4.90 Å². The molecule has 1 saturated heterocycles. The van der Waals surface area contributed by atoms with E-state index >= 15 is 0 Å². The van der Waals surface area contributed by atoms with Gasteiger partial charge in [0.1, 0.15) is 5.69 Å². The lowest BCUT2D eigenvalue weighted by atomic mass is 10.1. The van der Waals surface area contributed by atoms with E-state index in [2.05, 4.69) is 31.1 Å². The van der Waals surface area contributed by atoms with Crippen molar-refractivity contribution in [1.29, 1.82) is 0 Å². The van der Waals surface area contributed by atoms with Gasteiger partial charge in [0, 0.05) is 19.3 Å². The third-order valence-electron chi connectivity index (χ3n) is 5.19. The van der Waals surface area contributed by atoms with Crippen LogP contribution in [0.5, 0.6) is 0 Å². The molecule has 1 aliphatic heterocycles. The van der Waals surface area contributed by atoms with E-state index in [0.717, 1.165) is 40.4 Å². The van der Waals surface area contributed by atoms with E-state index in [-0.39, 0.29) is 12.0 Å². The Kier molecular flexibility index (Phi) is 4.97. The number of rotatable bonds is 5. The molecule has 1 unspecified atom stereocenters. The number of carbonyl (C=O) groups excluding carboxylic acids is 1. The fourth-order valence-electron chi connectivity index (χ4n) is 3.47. The second-order valence-corrected chi connectivity index (χ2v) is 7.94. The maximum absolute atomic E-state index is 13.4. The molecule has 142 valence electrons. The lowest BCUT2D eigenvalue weighted by Crippen LogP contribution is -2.38. The molecule has 1 aromatic carbocycles. The van der Waals surface area contributed by atoms with E-state index in [9.17, 15) is 4.79 Å². The molecular formula is C20H24N4O2S. The summed E-state index contributed by atoms with van der Waals surface area (Å²) in [6.07, 6.45) is 3.74. The Bertz CT molecular complexity index is 972. The third-order valence-corrected chi connectivity index (χ3v) is 6.24. The summed E-state index contributed by atoms with van der Waals surface area (Å²) in [5.74, 6) is -0.0710. The molecule has 1 amide bonds. The van der Waals surface area contributed by atoms with Crippen LogP contribution >= 0.6 is 11.3 Å². The van der Waals surface area contributed by atoms with Crippen LogP contribution in [0.1, 0.15) is 41.4 Å². The van der Waals surface area contributed by atoms with Crippen LogP contribution in [0.15, 0.2) is 24.4 Å². The number of carbonyl (C=O) groups is 1. The Balaban J connectivity index is 1.75. The highest BCUT2D eigenvalue weighted by Crippen LogP contribution is 2.33. The Morgan fingerprint density at radius 1 is 1.37 bits per heavy atom. The van der Waals surface area contributed by atoms with Gasteiger partial charge < -0.3 is 4.74 Å². The predicted octanol–water partition coefficient (Wildman–Crippen LogP) is 3.96. The molecule has 3 aromatic rings. The van der Waals surface area contributed by atoms with E-state index in [1.165, 1.54) is 5.56 Å². The summed E-state index contributed by atoms with van der Waals surface area (Å²) in [4.78, 5) is 20.0. The molecule has 0 spiro atoms. The number of anilines is 1. The van der Waals surface area contributed by atoms with Gasteiger partial charge in [-0.2, -0.15) is 5.10 Å². The van der Waals surface area contributed by atoms with E-state index < -0.39 is 0 Å². The summed E-state index contributed by atoms with van der Waals surface area (Å²) in [6.45, 7) is 8.09. The Labute approximate surface area is 162 Å². The zero-order valence-electron chi connectivity index (χ0n) is 15.9. The van der Waals surface area contributed by atoms with Gasteiger partial charge in [0.15, 0.2) is 5.13 Å². The molecule has 4 rings (SSSR count). The molecule has 0 N–H and O–H groups in total. The van der Waals surface area contributed by atoms with Crippen LogP contribution in [0, 0.1) is 13.8 Å².